The molecule has 0 aliphatic heterocycles. The molecule has 12 heteroatoms. The van der Waals surface area contributed by atoms with Crippen LogP contribution in [0, 0.1) is 0 Å². The van der Waals surface area contributed by atoms with Crippen LogP contribution in [0.4, 0.5) is 0 Å². The fraction of sp³-hybridized carbons (Fsp3) is 0.500. The van der Waals surface area contributed by atoms with E-state index in [1.807, 2.05) is 0 Å². The van der Waals surface area contributed by atoms with Gasteiger partial charge in [-0.2, -0.15) is 0 Å². The molecule has 0 saturated heterocycles. The smallest absolute Gasteiger partial charge is 0.510 e. The molecule has 0 saturated carbocycles. The minimum atomic E-state index is -0.157. The monoisotopic (exact) mass is 992 g/mol. The minimum absolute atomic E-state index is 0. The van der Waals surface area contributed by atoms with Crippen LogP contribution in [0.15, 0.2) is 48.5 Å². The Morgan fingerprint density at radius 2 is 0.609 bits per heavy atom. The Bertz CT molecular complexity index is 2040. The van der Waals surface area contributed by atoms with E-state index in [2.05, 4.69) is 132 Å². The molecule has 8 bridgehead atoms. The van der Waals surface area contributed by atoms with Crippen molar-refractivity contribution < 1.29 is 131 Å². The predicted octanol–water partition coefficient (Wildman–Crippen LogP) is 6.03. The molecule has 64 heavy (non-hydrogen) atoms. The van der Waals surface area contributed by atoms with Gasteiger partial charge >= 0.3 is 103 Å². The number of thiocarbonyl (C=S) groups is 2. The first-order valence-corrected chi connectivity index (χ1v) is 23.1. The maximum Gasteiger partial charge on any atom is 1.00 e. The predicted molar refractivity (Wildman–Crippen MR) is 268 cm³/mol. The quantitative estimate of drug-likeness (QED) is 0.0719. The van der Waals surface area contributed by atoms with Crippen molar-refractivity contribution in [3.05, 3.63) is 115 Å². The van der Waals surface area contributed by atoms with Gasteiger partial charge in [-0.1, -0.05) is 132 Å². The van der Waals surface area contributed by atoms with Gasteiger partial charge in [-0.05, 0) is 88.4 Å². The summed E-state index contributed by atoms with van der Waals surface area (Å²) < 4.78 is 37.9. The first-order chi connectivity index (χ1) is 28.8. The van der Waals surface area contributed by atoms with Gasteiger partial charge in [-0.3, -0.25) is 0 Å². The fourth-order valence-electron chi connectivity index (χ4n) is 8.05. The van der Waals surface area contributed by atoms with Crippen LogP contribution in [0.25, 0.3) is 0 Å². The summed E-state index contributed by atoms with van der Waals surface area (Å²) in [5, 5.41) is 0. The van der Waals surface area contributed by atoms with Crippen molar-refractivity contribution in [3.8, 4) is 23.0 Å². The van der Waals surface area contributed by atoms with Gasteiger partial charge in [-0.25, -0.2) is 0 Å². The van der Waals surface area contributed by atoms with Gasteiger partial charge in [0, 0.05) is 34.4 Å². The van der Waals surface area contributed by atoms with Crippen LogP contribution >= 0.6 is 24.4 Å². The third-order valence-electron chi connectivity index (χ3n) is 11.5. The standard InChI is InChI=1S/C52H68O6S4.2K/c1-49(2,3)39-23-31-19-35-27-41(51(7,8)9)29-37(45(35)55-15-17-57-47(59)60)21-33-25-40(50(4,5)6)26-34(44(33)54-14)22-38-30-42(52(10,11)12)28-36(20-32(24-39)43(31)53-13)46(38)56-16-18-58-48(61)62;;/h23-30H,15-22H2,1-14H3,(H,59,60)(H,61,62);;/q;2*+1/p-2. The van der Waals surface area contributed by atoms with Gasteiger partial charge in [0.15, 0.2) is 0 Å². The summed E-state index contributed by atoms with van der Waals surface area (Å²) in [4.78, 5) is 0. The fourth-order valence-corrected chi connectivity index (χ4v) is 8.39. The van der Waals surface area contributed by atoms with Crippen molar-refractivity contribution in [3.63, 3.8) is 0 Å². The molecule has 0 radical (unpaired) electrons. The van der Waals surface area contributed by atoms with Gasteiger partial charge in [0.05, 0.1) is 14.2 Å². The zero-order valence-corrected chi connectivity index (χ0v) is 50.9. The van der Waals surface area contributed by atoms with Crippen LogP contribution in [-0.2, 0) is 82.1 Å². The molecule has 0 heterocycles. The molecule has 4 aromatic carbocycles. The number of methoxy groups -OCH3 is 2. The molecule has 336 valence electrons. The van der Waals surface area contributed by atoms with Crippen LogP contribution in [0.5, 0.6) is 23.0 Å². The van der Waals surface area contributed by atoms with Crippen LogP contribution in [0.2, 0.25) is 0 Å². The summed E-state index contributed by atoms with van der Waals surface area (Å²) in [6, 6.07) is 18.5. The van der Waals surface area contributed by atoms with Crippen molar-refractivity contribution in [2.45, 2.75) is 130 Å². The molecular weight excluding hydrogens is 927 g/mol. The third kappa shape index (κ3) is 15.3. The second kappa shape index (κ2) is 23.9. The molecule has 0 fully saturated rings. The van der Waals surface area contributed by atoms with Gasteiger partial charge in [0.1, 0.15) is 49.4 Å². The molecule has 0 N–H and O–H groups in total. The van der Waals surface area contributed by atoms with Crippen LogP contribution in [-0.4, -0.2) is 49.4 Å². The Morgan fingerprint density at radius 1 is 0.406 bits per heavy atom. The van der Waals surface area contributed by atoms with Gasteiger partial charge < -0.3 is 78.1 Å². The molecule has 0 unspecified atom stereocenters. The summed E-state index contributed by atoms with van der Waals surface area (Å²) >= 11 is 20.3. The largest absolute Gasteiger partial charge is 1.00 e. The number of hydrogen-bond acceptors (Lipinski definition) is 10. The number of ether oxygens (including phenoxy) is 6. The van der Waals surface area contributed by atoms with E-state index in [0.29, 0.717) is 25.7 Å². The van der Waals surface area contributed by atoms with Gasteiger partial charge in [0.2, 0.25) is 0 Å². The molecule has 0 aromatic heterocycles. The van der Waals surface area contributed by atoms with E-state index in [-0.39, 0.29) is 160 Å². The molecule has 4 aromatic rings. The Morgan fingerprint density at radius 3 is 0.781 bits per heavy atom. The Kier molecular flexibility index (Phi) is 21.6. The number of benzene rings is 4. The van der Waals surface area contributed by atoms with Gasteiger partial charge in [0.25, 0.3) is 0 Å². The summed E-state index contributed by atoms with van der Waals surface area (Å²) in [5.74, 6) is 3.31. The molecule has 0 atom stereocenters. The van der Waals surface area contributed by atoms with Crippen molar-refractivity contribution in [1.82, 2.24) is 0 Å². The summed E-state index contributed by atoms with van der Waals surface area (Å²) in [6.07, 6.45) is 2.25. The number of fused-ring (bicyclic) bond motifs is 8. The Hall–Kier alpha value is -0.427. The van der Waals surface area contributed by atoms with Crippen LogP contribution in [0.3, 0.4) is 0 Å². The van der Waals surface area contributed by atoms with Crippen molar-refractivity contribution in [1.29, 1.82) is 0 Å². The van der Waals surface area contributed by atoms with E-state index < -0.39 is 0 Å². The molecule has 1 aliphatic carbocycles. The average Bonchev–Trinajstić information content (AvgIpc) is 3.14. The van der Waals surface area contributed by atoms with Crippen LogP contribution in [0.1, 0.15) is 150 Å². The third-order valence-corrected chi connectivity index (χ3v) is 11.9. The zero-order chi connectivity index (χ0) is 45.9. The molecule has 5 rings (SSSR count). The molecular formula is C52H66K2O6S4. The maximum absolute atomic E-state index is 6.82. The van der Waals surface area contributed by atoms with Gasteiger partial charge in [-0.15, -0.1) is 0 Å². The SMILES string of the molecule is COc1c2cc(C(C)(C)C)cc1Cc1cc(C(C)(C)C)cc(c1OCCOC(=S)[S-])Cc1cc(C(C)(C)C)cc(c1OC)Cc1cc(C(C)(C)C)cc(c1OCCOC(=S)[S-])C2.[K+].[K+]. The minimum Gasteiger partial charge on any atom is -0.510 e. The van der Waals surface area contributed by atoms with Crippen molar-refractivity contribution in [2.75, 3.05) is 40.6 Å². The Balaban J connectivity index is 0.00000544. The second-order valence-electron chi connectivity index (χ2n) is 20.5. The number of rotatable bonds is 10. The second-order valence-corrected chi connectivity index (χ2v) is 22.5. The zero-order valence-electron chi connectivity index (χ0n) is 41.4. The van der Waals surface area contributed by atoms with E-state index in [4.69, 9.17) is 78.1 Å². The first-order valence-electron chi connectivity index (χ1n) is 21.5. The summed E-state index contributed by atoms with van der Waals surface area (Å²) in [6.45, 7) is 28.1. The van der Waals surface area contributed by atoms with E-state index in [1.165, 1.54) is 22.3 Å². The van der Waals surface area contributed by atoms with E-state index >= 15 is 0 Å². The van der Waals surface area contributed by atoms with E-state index in [9.17, 15) is 0 Å². The maximum atomic E-state index is 6.82. The average molecular weight is 994 g/mol. The van der Waals surface area contributed by atoms with Crippen molar-refractivity contribution in [2.24, 2.45) is 0 Å². The van der Waals surface area contributed by atoms with Crippen molar-refractivity contribution >= 4 is 58.5 Å². The summed E-state index contributed by atoms with van der Waals surface area (Å²) in [7, 11) is 3.55. The molecule has 0 amide bonds. The topological polar surface area (TPSA) is 55.4 Å². The first kappa shape index (κ1) is 57.9. The van der Waals surface area contributed by atoms with E-state index in [1.54, 1.807) is 14.2 Å². The summed E-state index contributed by atoms with van der Waals surface area (Å²) in [5.41, 5.74) is 12.7. The number of hydrogen-bond donors (Lipinski definition) is 0. The molecule has 1 aliphatic rings. The van der Waals surface area contributed by atoms with E-state index in [0.717, 1.165) is 67.5 Å². The Labute approximate surface area is 491 Å². The molecule has 6 nitrogen and oxygen atoms in total. The molecule has 0 spiro atoms. The van der Waals surface area contributed by atoms with Crippen LogP contribution < -0.4 is 122 Å². The normalized spacial score (nSPS) is 12.8.